The largest absolute Gasteiger partial charge is 0.379 e. The van der Waals surface area contributed by atoms with Crippen molar-refractivity contribution in [1.82, 2.24) is 14.9 Å². The molecule has 5 rings (SSSR count). The van der Waals surface area contributed by atoms with E-state index < -0.39 is 0 Å². The van der Waals surface area contributed by atoms with Gasteiger partial charge >= 0.3 is 0 Å². The molecular formula is C30H42N4O3. The second-order valence-electron chi connectivity index (χ2n) is 11.1. The molecule has 3 atom stereocenters. The Morgan fingerprint density at radius 3 is 2.62 bits per heavy atom. The van der Waals surface area contributed by atoms with Crippen molar-refractivity contribution in [2.24, 2.45) is 11.8 Å². The average molecular weight is 507 g/mol. The van der Waals surface area contributed by atoms with Crippen LogP contribution in [0.25, 0.3) is 0 Å². The zero-order valence-electron chi connectivity index (χ0n) is 22.5. The summed E-state index contributed by atoms with van der Waals surface area (Å²) < 4.78 is 11.3. The maximum Gasteiger partial charge on any atom is 0.272 e. The fourth-order valence-corrected chi connectivity index (χ4v) is 6.58. The maximum atomic E-state index is 13.5. The van der Waals surface area contributed by atoms with Crippen LogP contribution in [0.1, 0.15) is 72.5 Å². The van der Waals surface area contributed by atoms with Crippen molar-refractivity contribution in [3.63, 3.8) is 0 Å². The molecule has 1 aromatic heterocycles. The number of rotatable bonds is 6. The Bertz CT molecular complexity index is 1020. The molecule has 0 aliphatic carbocycles. The van der Waals surface area contributed by atoms with E-state index >= 15 is 0 Å². The Hall–Kier alpha value is -2.51. The fraction of sp³-hybridized carbons (Fsp3) is 0.633. The molecule has 3 fully saturated rings. The predicted octanol–water partition coefficient (Wildman–Crippen LogP) is 4.85. The van der Waals surface area contributed by atoms with Gasteiger partial charge in [0, 0.05) is 45.5 Å². The van der Waals surface area contributed by atoms with E-state index in [1.54, 1.807) is 13.4 Å². The maximum absolute atomic E-state index is 13.5. The second kappa shape index (κ2) is 12.4. The molecule has 0 saturated carbocycles. The molecule has 3 aliphatic heterocycles. The zero-order valence-corrected chi connectivity index (χ0v) is 22.5. The van der Waals surface area contributed by atoms with Crippen LogP contribution in [0.5, 0.6) is 0 Å². The first-order valence-corrected chi connectivity index (χ1v) is 14.1. The molecule has 0 radical (unpaired) electrons. The van der Waals surface area contributed by atoms with E-state index in [9.17, 15) is 4.79 Å². The molecule has 3 saturated heterocycles. The number of nitrogens with zero attached hydrogens (tertiary/aromatic N) is 4. The molecule has 3 aliphatic rings. The Labute approximate surface area is 221 Å². The highest BCUT2D eigenvalue weighted by atomic mass is 16.5. The standard InChI is InChI=1S/C30H42N4O3/c1-22-28(30(35)34-15-10-23(11-16-34)19-26-13-18-37-20-27(26)36-2)31-21-32-29(22)33-14-6-9-25(12-17-33)24-7-4-3-5-8-24/h3-5,7-8,21,23,25-27H,6,9-20H2,1-2H3. The molecule has 0 spiro atoms. The number of aromatic nitrogens is 2. The molecule has 0 bridgehead atoms. The van der Waals surface area contributed by atoms with E-state index in [-0.39, 0.29) is 12.0 Å². The zero-order chi connectivity index (χ0) is 25.6. The topological polar surface area (TPSA) is 67.8 Å². The monoisotopic (exact) mass is 506 g/mol. The highest BCUT2D eigenvalue weighted by molar-refractivity contribution is 5.94. The molecule has 200 valence electrons. The lowest BCUT2D eigenvalue weighted by atomic mass is 9.82. The Balaban J connectivity index is 1.19. The lowest BCUT2D eigenvalue weighted by Gasteiger charge is -2.37. The summed E-state index contributed by atoms with van der Waals surface area (Å²) in [5.74, 6) is 2.76. The van der Waals surface area contributed by atoms with Gasteiger partial charge in [0.1, 0.15) is 17.8 Å². The summed E-state index contributed by atoms with van der Waals surface area (Å²) in [6.07, 6.45) is 9.52. The van der Waals surface area contributed by atoms with Crippen molar-refractivity contribution in [2.75, 3.05) is 51.4 Å². The molecular weight excluding hydrogens is 464 g/mol. The van der Waals surface area contributed by atoms with Crippen molar-refractivity contribution in [3.05, 3.63) is 53.5 Å². The Morgan fingerprint density at radius 1 is 1.03 bits per heavy atom. The van der Waals surface area contributed by atoms with Crippen molar-refractivity contribution in [2.45, 2.75) is 63.9 Å². The molecule has 3 unspecified atom stereocenters. The first-order valence-electron chi connectivity index (χ1n) is 14.1. The predicted molar refractivity (Wildman–Crippen MR) is 145 cm³/mol. The quantitative estimate of drug-likeness (QED) is 0.558. The molecule has 37 heavy (non-hydrogen) atoms. The first kappa shape index (κ1) is 26.1. The summed E-state index contributed by atoms with van der Waals surface area (Å²) in [5.41, 5.74) is 2.91. The highest BCUT2D eigenvalue weighted by Gasteiger charge is 2.32. The van der Waals surface area contributed by atoms with Crippen LogP contribution in [0.2, 0.25) is 0 Å². The lowest BCUT2D eigenvalue weighted by Crippen LogP contribution is -2.41. The van der Waals surface area contributed by atoms with Gasteiger partial charge in [-0.2, -0.15) is 0 Å². The van der Waals surface area contributed by atoms with Gasteiger partial charge in [0.05, 0.1) is 12.7 Å². The van der Waals surface area contributed by atoms with Gasteiger partial charge in [-0.05, 0) is 75.2 Å². The van der Waals surface area contributed by atoms with Crippen molar-refractivity contribution in [1.29, 1.82) is 0 Å². The number of piperidine rings is 1. The first-order chi connectivity index (χ1) is 18.1. The minimum atomic E-state index is 0.0532. The lowest BCUT2D eigenvalue weighted by molar-refractivity contribution is -0.0725. The van der Waals surface area contributed by atoms with Crippen LogP contribution in [0.3, 0.4) is 0 Å². The van der Waals surface area contributed by atoms with Crippen LogP contribution in [0, 0.1) is 18.8 Å². The van der Waals surface area contributed by atoms with Crippen molar-refractivity contribution in [3.8, 4) is 0 Å². The molecule has 1 amide bonds. The van der Waals surface area contributed by atoms with Crippen molar-refractivity contribution >= 4 is 11.7 Å². The number of anilines is 1. The Morgan fingerprint density at radius 2 is 1.84 bits per heavy atom. The van der Waals surface area contributed by atoms with Crippen LogP contribution < -0.4 is 4.90 Å². The van der Waals surface area contributed by atoms with Gasteiger partial charge in [0.15, 0.2) is 0 Å². The summed E-state index contributed by atoms with van der Waals surface area (Å²) in [4.78, 5) is 27.0. The SMILES string of the molecule is COC1COCCC1CC1CCN(C(=O)c2ncnc(N3CCCC(c4ccccc4)CC3)c2C)CC1. The normalized spacial score (nSPS) is 25.6. The third kappa shape index (κ3) is 6.15. The number of hydrogen-bond donors (Lipinski definition) is 0. The molecule has 7 nitrogen and oxygen atoms in total. The van der Waals surface area contributed by atoms with Crippen LogP contribution in [-0.2, 0) is 9.47 Å². The third-order valence-corrected chi connectivity index (χ3v) is 8.84. The van der Waals surface area contributed by atoms with Gasteiger partial charge in [-0.3, -0.25) is 4.79 Å². The van der Waals surface area contributed by atoms with E-state index in [0.717, 1.165) is 76.3 Å². The van der Waals surface area contributed by atoms with Gasteiger partial charge in [0.25, 0.3) is 5.91 Å². The highest BCUT2D eigenvalue weighted by Crippen LogP contribution is 2.33. The fourth-order valence-electron chi connectivity index (χ4n) is 6.58. The van der Waals surface area contributed by atoms with E-state index in [2.05, 4.69) is 45.2 Å². The van der Waals surface area contributed by atoms with Gasteiger partial charge in [-0.1, -0.05) is 30.3 Å². The van der Waals surface area contributed by atoms with E-state index in [4.69, 9.17) is 9.47 Å². The van der Waals surface area contributed by atoms with E-state index in [0.29, 0.717) is 30.1 Å². The molecule has 1 aromatic carbocycles. The molecule has 0 N–H and O–H groups in total. The number of carbonyl (C=O) groups is 1. The van der Waals surface area contributed by atoms with Gasteiger partial charge in [-0.15, -0.1) is 0 Å². The second-order valence-corrected chi connectivity index (χ2v) is 11.1. The number of methoxy groups -OCH3 is 1. The van der Waals surface area contributed by atoms with E-state index in [1.165, 1.54) is 18.4 Å². The van der Waals surface area contributed by atoms with Crippen LogP contribution in [0.4, 0.5) is 5.82 Å². The third-order valence-electron chi connectivity index (χ3n) is 8.84. The molecule has 7 heteroatoms. The smallest absolute Gasteiger partial charge is 0.272 e. The Kier molecular flexibility index (Phi) is 8.72. The average Bonchev–Trinajstić information content (AvgIpc) is 3.20. The number of carbonyl (C=O) groups excluding carboxylic acids is 1. The number of amides is 1. The van der Waals surface area contributed by atoms with Crippen LogP contribution in [-0.4, -0.2) is 73.4 Å². The van der Waals surface area contributed by atoms with Crippen LogP contribution in [0.15, 0.2) is 36.7 Å². The van der Waals surface area contributed by atoms with Crippen LogP contribution >= 0.6 is 0 Å². The number of likely N-dealkylation sites (tertiary alicyclic amines) is 1. The number of ether oxygens (including phenoxy) is 2. The minimum absolute atomic E-state index is 0.0532. The summed E-state index contributed by atoms with van der Waals surface area (Å²) in [6.45, 7) is 7.07. The van der Waals surface area contributed by atoms with Gasteiger partial charge in [-0.25, -0.2) is 9.97 Å². The van der Waals surface area contributed by atoms with Gasteiger partial charge < -0.3 is 19.3 Å². The number of hydrogen-bond acceptors (Lipinski definition) is 6. The minimum Gasteiger partial charge on any atom is -0.379 e. The van der Waals surface area contributed by atoms with Crippen molar-refractivity contribution < 1.29 is 14.3 Å². The number of benzene rings is 1. The molecule has 2 aromatic rings. The van der Waals surface area contributed by atoms with E-state index in [1.807, 2.05) is 11.8 Å². The summed E-state index contributed by atoms with van der Waals surface area (Å²) in [5, 5.41) is 0. The molecule has 4 heterocycles. The van der Waals surface area contributed by atoms with Gasteiger partial charge in [0.2, 0.25) is 0 Å². The summed E-state index contributed by atoms with van der Waals surface area (Å²) in [6, 6.07) is 10.8. The summed E-state index contributed by atoms with van der Waals surface area (Å²) in [7, 11) is 1.79. The summed E-state index contributed by atoms with van der Waals surface area (Å²) >= 11 is 0.